The van der Waals surface area contributed by atoms with Crippen molar-refractivity contribution in [3.8, 4) is 17.4 Å². The molecule has 0 atom stereocenters. The van der Waals surface area contributed by atoms with E-state index in [4.69, 9.17) is 9.26 Å². The van der Waals surface area contributed by atoms with E-state index >= 15 is 0 Å². The maximum absolute atomic E-state index is 9.24. The van der Waals surface area contributed by atoms with Crippen LogP contribution in [0, 0.1) is 0 Å². The van der Waals surface area contributed by atoms with Crippen LogP contribution in [0.3, 0.4) is 0 Å². The second-order valence-electron chi connectivity index (χ2n) is 4.22. The SMILES string of the molecule is COc1cc(-c2noc(C3CC(O)C3)n2)ncn1. The molecule has 2 aromatic heterocycles. The van der Waals surface area contributed by atoms with Crippen molar-refractivity contribution in [3.63, 3.8) is 0 Å². The average molecular weight is 248 g/mol. The van der Waals surface area contributed by atoms with E-state index in [0.717, 1.165) is 0 Å². The number of hydrogen-bond acceptors (Lipinski definition) is 7. The van der Waals surface area contributed by atoms with Gasteiger partial charge in [-0.1, -0.05) is 5.16 Å². The first-order valence-corrected chi connectivity index (χ1v) is 5.64. The molecule has 2 aromatic rings. The molecular formula is C11H12N4O3. The fraction of sp³-hybridized carbons (Fsp3) is 0.455. The van der Waals surface area contributed by atoms with E-state index in [1.165, 1.54) is 13.4 Å². The smallest absolute Gasteiger partial charge is 0.230 e. The number of aliphatic hydroxyl groups is 1. The van der Waals surface area contributed by atoms with Crippen LogP contribution in [0.25, 0.3) is 11.5 Å². The third-order valence-corrected chi connectivity index (χ3v) is 2.98. The summed E-state index contributed by atoms with van der Waals surface area (Å²) in [5, 5.41) is 13.1. The molecule has 1 saturated carbocycles. The van der Waals surface area contributed by atoms with Crippen LogP contribution in [0.15, 0.2) is 16.9 Å². The largest absolute Gasteiger partial charge is 0.481 e. The third-order valence-electron chi connectivity index (χ3n) is 2.98. The van der Waals surface area contributed by atoms with Crippen molar-refractivity contribution in [3.05, 3.63) is 18.3 Å². The lowest BCUT2D eigenvalue weighted by Gasteiger charge is -2.27. The van der Waals surface area contributed by atoms with Crippen molar-refractivity contribution >= 4 is 0 Å². The summed E-state index contributed by atoms with van der Waals surface area (Å²) in [6, 6.07) is 1.64. The summed E-state index contributed by atoms with van der Waals surface area (Å²) in [5.74, 6) is 1.57. The number of aliphatic hydroxyl groups excluding tert-OH is 1. The van der Waals surface area contributed by atoms with Crippen molar-refractivity contribution in [2.75, 3.05) is 7.11 Å². The van der Waals surface area contributed by atoms with Crippen molar-refractivity contribution in [2.45, 2.75) is 24.9 Å². The van der Waals surface area contributed by atoms with Gasteiger partial charge in [-0.25, -0.2) is 9.97 Å². The van der Waals surface area contributed by atoms with Crippen LogP contribution in [0.1, 0.15) is 24.7 Å². The normalized spacial score (nSPS) is 22.6. The Morgan fingerprint density at radius 3 is 2.94 bits per heavy atom. The van der Waals surface area contributed by atoms with Gasteiger partial charge in [0, 0.05) is 12.0 Å². The van der Waals surface area contributed by atoms with Gasteiger partial charge in [0.15, 0.2) is 0 Å². The second kappa shape index (κ2) is 4.34. The molecule has 0 aliphatic heterocycles. The lowest BCUT2D eigenvalue weighted by molar-refractivity contribution is 0.0625. The molecule has 7 nitrogen and oxygen atoms in total. The van der Waals surface area contributed by atoms with Crippen molar-refractivity contribution < 1.29 is 14.4 Å². The van der Waals surface area contributed by atoms with Gasteiger partial charge in [0.2, 0.25) is 17.6 Å². The highest BCUT2D eigenvalue weighted by atomic mass is 16.5. The Morgan fingerprint density at radius 1 is 1.39 bits per heavy atom. The molecular weight excluding hydrogens is 236 g/mol. The van der Waals surface area contributed by atoms with Crippen LogP contribution >= 0.6 is 0 Å². The van der Waals surface area contributed by atoms with Crippen molar-refractivity contribution in [1.82, 2.24) is 20.1 Å². The van der Waals surface area contributed by atoms with E-state index in [1.54, 1.807) is 6.07 Å². The zero-order chi connectivity index (χ0) is 12.5. The Hall–Kier alpha value is -2.02. The van der Waals surface area contributed by atoms with Gasteiger partial charge in [-0.3, -0.25) is 0 Å². The summed E-state index contributed by atoms with van der Waals surface area (Å²) in [4.78, 5) is 12.3. The highest BCUT2D eigenvalue weighted by Crippen LogP contribution is 2.36. The number of aromatic nitrogens is 4. The molecule has 1 fully saturated rings. The molecule has 0 spiro atoms. The van der Waals surface area contributed by atoms with Gasteiger partial charge in [-0.15, -0.1) is 0 Å². The summed E-state index contributed by atoms with van der Waals surface area (Å²) in [6.45, 7) is 0. The Balaban J connectivity index is 1.83. The summed E-state index contributed by atoms with van der Waals surface area (Å²) in [5.41, 5.74) is 0.553. The molecule has 94 valence electrons. The first kappa shape index (κ1) is 11.1. The molecule has 0 aromatic carbocycles. The monoisotopic (exact) mass is 248 g/mol. The quantitative estimate of drug-likeness (QED) is 0.857. The van der Waals surface area contributed by atoms with E-state index in [2.05, 4.69) is 20.1 Å². The van der Waals surface area contributed by atoms with Gasteiger partial charge in [-0.2, -0.15) is 4.98 Å². The number of ether oxygens (including phenoxy) is 1. The van der Waals surface area contributed by atoms with Crippen LogP contribution in [0.4, 0.5) is 0 Å². The lowest BCUT2D eigenvalue weighted by Crippen LogP contribution is -2.26. The molecule has 7 heteroatoms. The zero-order valence-corrected chi connectivity index (χ0v) is 9.78. The molecule has 1 aliphatic carbocycles. The predicted octanol–water partition coefficient (Wildman–Crippen LogP) is 0.773. The molecule has 0 saturated heterocycles. The first-order chi connectivity index (χ1) is 8.76. The number of methoxy groups -OCH3 is 1. The van der Waals surface area contributed by atoms with E-state index in [0.29, 0.717) is 36.1 Å². The fourth-order valence-electron chi connectivity index (χ4n) is 1.87. The molecule has 0 amide bonds. The minimum atomic E-state index is -0.246. The first-order valence-electron chi connectivity index (χ1n) is 5.64. The predicted molar refractivity (Wildman–Crippen MR) is 59.9 cm³/mol. The molecule has 2 heterocycles. The van der Waals surface area contributed by atoms with Gasteiger partial charge in [-0.05, 0) is 12.8 Å². The zero-order valence-electron chi connectivity index (χ0n) is 9.78. The van der Waals surface area contributed by atoms with E-state index in [9.17, 15) is 5.11 Å². The number of nitrogens with zero attached hydrogens (tertiary/aromatic N) is 4. The summed E-state index contributed by atoms with van der Waals surface area (Å²) >= 11 is 0. The van der Waals surface area contributed by atoms with E-state index in [1.807, 2.05) is 0 Å². The molecule has 1 aliphatic rings. The minimum absolute atomic E-state index is 0.157. The van der Waals surface area contributed by atoms with Gasteiger partial charge >= 0.3 is 0 Å². The third kappa shape index (κ3) is 1.92. The highest BCUT2D eigenvalue weighted by Gasteiger charge is 2.33. The molecule has 18 heavy (non-hydrogen) atoms. The Morgan fingerprint density at radius 2 is 2.22 bits per heavy atom. The summed E-state index contributed by atoms with van der Waals surface area (Å²) in [6.07, 6.45) is 2.49. The molecule has 0 unspecified atom stereocenters. The standard InChI is InChI=1S/C11H12N4O3/c1-17-9-4-8(12-5-13-9)10-14-11(18-15-10)6-2-7(16)3-6/h4-7,16H,2-3H2,1H3. The number of hydrogen-bond donors (Lipinski definition) is 1. The van der Waals surface area contributed by atoms with Crippen LogP contribution in [-0.4, -0.2) is 38.4 Å². The Bertz CT molecular complexity index is 551. The maximum atomic E-state index is 9.24. The van der Waals surface area contributed by atoms with Crippen molar-refractivity contribution in [2.24, 2.45) is 0 Å². The minimum Gasteiger partial charge on any atom is -0.481 e. The van der Waals surface area contributed by atoms with Crippen molar-refractivity contribution in [1.29, 1.82) is 0 Å². The van der Waals surface area contributed by atoms with E-state index in [-0.39, 0.29) is 12.0 Å². The van der Waals surface area contributed by atoms with Crippen LogP contribution < -0.4 is 4.74 Å². The molecule has 0 bridgehead atoms. The Labute approximate surface area is 103 Å². The van der Waals surface area contributed by atoms with Crippen LogP contribution in [0.5, 0.6) is 5.88 Å². The molecule has 1 N–H and O–H groups in total. The second-order valence-corrected chi connectivity index (χ2v) is 4.22. The van der Waals surface area contributed by atoms with Gasteiger partial charge < -0.3 is 14.4 Å². The number of rotatable bonds is 3. The highest BCUT2D eigenvalue weighted by molar-refractivity contribution is 5.49. The average Bonchev–Trinajstić information content (AvgIpc) is 2.84. The molecule has 0 radical (unpaired) electrons. The van der Waals surface area contributed by atoms with Crippen LogP contribution in [-0.2, 0) is 0 Å². The van der Waals surface area contributed by atoms with Gasteiger partial charge in [0.25, 0.3) is 0 Å². The van der Waals surface area contributed by atoms with Gasteiger partial charge in [0.05, 0.1) is 13.2 Å². The summed E-state index contributed by atoms with van der Waals surface area (Å²) in [7, 11) is 1.53. The molecule has 3 rings (SSSR count). The van der Waals surface area contributed by atoms with Crippen LogP contribution in [0.2, 0.25) is 0 Å². The van der Waals surface area contributed by atoms with E-state index < -0.39 is 0 Å². The van der Waals surface area contributed by atoms with Gasteiger partial charge in [0.1, 0.15) is 12.0 Å². The summed E-state index contributed by atoms with van der Waals surface area (Å²) < 4.78 is 10.2. The Kier molecular flexibility index (Phi) is 2.67. The fourth-order valence-corrected chi connectivity index (χ4v) is 1.87. The topological polar surface area (TPSA) is 94.2 Å². The maximum Gasteiger partial charge on any atom is 0.230 e. The lowest BCUT2D eigenvalue weighted by atomic mass is 9.82.